The monoisotopic (exact) mass is 440 g/mol. The maximum absolute atomic E-state index is 14.3. The minimum absolute atomic E-state index is 0.0876. The number of ether oxygens (including phenoxy) is 1. The Hall–Kier alpha value is -3.39. The van der Waals surface area contributed by atoms with Crippen LogP contribution in [0.15, 0.2) is 72.8 Å². The van der Waals surface area contributed by atoms with Crippen molar-refractivity contribution in [3.8, 4) is 5.75 Å². The number of benzene rings is 3. The minimum Gasteiger partial charge on any atom is -0.484 e. The lowest BCUT2D eigenvalue weighted by Gasteiger charge is -2.25. The zero-order valence-electron chi connectivity index (χ0n) is 16.3. The smallest absolute Gasteiger partial charge is 0.262 e. The van der Waals surface area contributed by atoms with Gasteiger partial charge in [-0.15, -0.1) is 11.8 Å². The Morgan fingerprint density at radius 2 is 1.81 bits per heavy atom. The summed E-state index contributed by atoms with van der Waals surface area (Å²) in [6, 6.07) is 18.9. The molecule has 1 fully saturated rings. The second-order valence-corrected chi connectivity index (χ2v) is 7.86. The van der Waals surface area contributed by atoms with Gasteiger partial charge in [0.25, 0.3) is 5.91 Å². The molecular weight excluding hydrogens is 422 g/mol. The fourth-order valence-electron chi connectivity index (χ4n) is 3.20. The third-order valence-corrected chi connectivity index (χ3v) is 5.84. The number of halogens is 2. The SMILES string of the molecule is O=C(COc1ccccc1)Nc1ccc(C2SCC(=O)N2c2cc(F)ccc2F)cc1. The van der Waals surface area contributed by atoms with Gasteiger partial charge in [0.2, 0.25) is 5.91 Å². The third kappa shape index (κ3) is 4.86. The maximum Gasteiger partial charge on any atom is 0.262 e. The summed E-state index contributed by atoms with van der Waals surface area (Å²) >= 11 is 1.33. The summed E-state index contributed by atoms with van der Waals surface area (Å²) in [5.74, 6) is -1.13. The normalized spacial score (nSPS) is 15.7. The zero-order valence-corrected chi connectivity index (χ0v) is 17.1. The largest absolute Gasteiger partial charge is 0.484 e. The molecule has 158 valence electrons. The molecule has 3 aromatic carbocycles. The van der Waals surface area contributed by atoms with Crippen LogP contribution >= 0.6 is 11.8 Å². The van der Waals surface area contributed by atoms with Gasteiger partial charge < -0.3 is 10.1 Å². The molecular formula is C23H18F2N2O3S. The number of carbonyl (C=O) groups is 2. The van der Waals surface area contributed by atoms with Crippen LogP contribution in [-0.4, -0.2) is 24.2 Å². The van der Waals surface area contributed by atoms with E-state index in [-0.39, 0.29) is 29.9 Å². The number of nitrogens with zero attached hydrogens (tertiary/aromatic N) is 1. The number of rotatable bonds is 6. The highest BCUT2D eigenvalue weighted by Gasteiger charge is 2.35. The lowest BCUT2D eigenvalue weighted by molar-refractivity contribution is -0.118. The molecule has 0 saturated carbocycles. The first-order valence-corrected chi connectivity index (χ1v) is 10.5. The first-order chi connectivity index (χ1) is 15.0. The fraction of sp³-hybridized carbons (Fsp3) is 0.130. The van der Waals surface area contributed by atoms with E-state index in [0.29, 0.717) is 11.4 Å². The Balaban J connectivity index is 1.44. The van der Waals surface area contributed by atoms with E-state index in [1.165, 1.54) is 16.7 Å². The van der Waals surface area contributed by atoms with Gasteiger partial charge in [-0.25, -0.2) is 8.78 Å². The van der Waals surface area contributed by atoms with Crippen LogP contribution in [0.2, 0.25) is 0 Å². The topological polar surface area (TPSA) is 58.6 Å². The number of hydrogen-bond acceptors (Lipinski definition) is 4. The molecule has 1 aliphatic heterocycles. The zero-order chi connectivity index (χ0) is 21.8. The van der Waals surface area contributed by atoms with Crippen molar-refractivity contribution in [2.24, 2.45) is 0 Å². The summed E-state index contributed by atoms with van der Waals surface area (Å²) in [7, 11) is 0. The summed E-state index contributed by atoms with van der Waals surface area (Å²) < 4.78 is 33.3. The number of nitrogens with one attached hydrogen (secondary N) is 1. The second-order valence-electron chi connectivity index (χ2n) is 6.79. The lowest BCUT2D eigenvalue weighted by atomic mass is 10.1. The third-order valence-electron chi connectivity index (χ3n) is 4.63. The van der Waals surface area contributed by atoms with Crippen LogP contribution in [0.25, 0.3) is 0 Å². The lowest BCUT2D eigenvalue weighted by Crippen LogP contribution is -2.28. The Morgan fingerprint density at radius 1 is 1.06 bits per heavy atom. The molecule has 0 aromatic heterocycles. The summed E-state index contributed by atoms with van der Waals surface area (Å²) in [6.45, 7) is -0.134. The van der Waals surface area contributed by atoms with Gasteiger partial charge in [-0.3, -0.25) is 14.5 Å². The molecule has 0 bridgehead atoms. The summed E-state index contributed by atoms with van der Waals surface area (Å²) in [6.07, 6.45) is 0. The molecule has 1 unspecified atom stereocenters. The predicted octanol–water partition coefficient (Wildman–Crippen LogP) is 4.76. The van der Waals surface area contributed by atoms with Crippen LogP contribution in [0.4, 0.5) is 20.2 Å². The van der Waals surface area contributed by atoms with E-state index < -0.39 is 17.0 Å². The van der Waals surface area contributed by atoms with E-state index in [0.717, 1.165) is 23.8 Å². The van der Waals surface area contributed by atoms with Gasteiger partial charge in [0.05, 0.1) is 11.4 Å². The molecule has 2 amide bonds. The second kappa shape index (κ2) is 9.18. The molecule has 1 aliphatic rings. The first-order valence-electron chi connectivity index (χ1n) is 9.47. The van der Waals surface area contributed by atoms with Crippen molar-refractivity contribution < 1.29 is 23.1 Å². The van der Waals surface area contributed by atoms with Gasteiger partial charge in [0, 0.05) is 11.8 Å². The number of amides is 2. The van der Waals surface area contributed by atoms with Crippen LogP contribution in [0.3, 0.4) is 0 Å². The highest BCUT2D eigenvalue weighted by molar-refractivity contribution is 8.00. The van der Waals surface area contributed by atoms with Gasteiger partial charge in [-0.2, -0.15) is 0 Å². The van der Waals surface area contributed by atoms with Crippen molar-refractivity contribution in [2.75, 3.05) is 22.6 Å². The van der Waals surface area contributed by atoms with Crippen LogP contribution in [0, 0.1) is 11.6 Å². The molecule has 8 heteroatoms. The van der Waals surface area contributed by atoms with E-state index in [9.17, 15) is 18.4 Å². The summed E-state index contributed by atoms with van der Waals surface area (Å²) in [5, 5.41) is 2.25. The molecule has 0 radical (unpaired) electrons. The van der Waals surface area contributed by atoms with Gasteiger partial charge in [-0.1, -0.05) is 30.3 Å². The summed E-state index contributed by atoms with van der Waals surface area (Å²) in [5.41, 5.74) is 1.21. The highest BCUT2D eigenvalue weighted by atomic mass is 32.2. The quantitative estimate of drug-likeness (QED) is 0.601. The van der Waals surface area contributed by atoms with E-state index in [2.05, 4.69) is 5.32 Å². The first kappa shape index (κ1) is 20.9. The summed E-state index contributed by atoms with van der Waals surface area (Å²) in [4.78, 5) is 25.7. The van der Waals surface area contributed by atoms with E-state index >= 15 is 0 Å². The molecule has 3 aromatic rings. The maximum atomic E-state index is 14.3. The standard InChI is InChI=1S/C23H18F2N2O3S/c24-16-8-11-19(25)20(12-16)27-22(29)14-31-23(27)15-6-9-17(10-7-15)26-21(28)13-30-18-4-2-1-3-5-18/h1-12,23H,13-14H2,(H,26,28). The van der Waals surface area contributed by atoms with Crippen LogP contribution < -0.4 is 15.0 Å². The van der Waals surface area contributed by atoms with Crippen molar-refractivity contribution in [1.29, 1.82) is 0 Å². The predicted molar refractivity (Wildman–Crippen MR) is 116 cm³/mol. The van der Waals surface area contributed by atoms with Crippen LogP contribution in [0.1, 0.15) is 10.9 Å². The van der Waals surface area contributed by atoms with Crippen molar-refractivity contribution in [1.82, 2.24) is 0 Å². The Bertz CT molecular complexity index is 1090. The molecule has 5 nitrogen and oxygen atoms in total. The fourth-order valence-corrected chi connectivity index (χ4v) is 4.36. The van der Waals surface area contributed by atoms with Crippen molar-refractivity contribution in [3.63, 3.8) is 0 Å². The van der Waals surface area contributed by atoms with Gasteiger partial charge in [0.15, 0.2) is 6.61 Å². The molecule has 0 aliphatic carbocycles. The molecule has 4 rings (SSSR count). The minimum atomic E-state index is -0.662. The number of carbonyl (C=O) groups excluding carboxylic acids is 2. The van der Waals surface area contributed by atoms with E-state index in [1.807, 2.05) is 18.2 Å². The Kier molecular flexibility index (Phi) is 6.18. The number of para-hydroxylation sites is 1. The van der Waals surface area contributed by atoms with E-state index in [1.54, 1.807) is 36.4 Å². The molecule has 1 atom stereocenters. The van der Waals surface area contributed by atoms with Gasteiger partial charge >= 0.3 is 0 Å². The number of anilines is 2. The van der Waals surface area contributed by atoms with Gasteiger partial charge in [-0.05, 0) is 42.0 Å². The highest BCUT2D eigenvalue weighted by Crippen LogP contribution is 2.42. The van der Waals surface area contributed by atoms with Crippen LogP contribution in [-0.2, 0) is 9.59 Å². The average Bonchev–Trinajstić information content (AvgIpc) is 3.16. The van der Waals surface area contributed by atoms with Crippen molar-refractivity contribution in [3.05, 3.63) is 90.0 Å². The molecule has 31 heavy (non-hydrogen) atoms. The molecule has 0 spiro atoms. The Labute approximate surface area is 182 Å². The van der Waals surface area contributed by atoms with Gasteiger partial charge in [0.1, 0.15) is 22.8 Å². The average molecular weight is 440 g/mol. The molecule has 1 N–H and O–H groups in total. The molecule has 1 heterocycles. The Morgan fingerprint density at radius 3 is 2.55 bits per heavy atom. The van der Waals surface area contributed by atoms with E-state index in [4.69, 9.17) is 4.74 Å². The molecule has 1 saturated heterocycles. The van der Waals surface area contributed by atoms with Crippen molar-refractivity contribution in [2.45, 2.75) is 5.37 Å². The van der Waals surface area contributed by atoms with Crippen LogP contribution in [0.5, 0.6) is 5.75 Å². The number of hydrogen-bond donors (Lipinski definition) is 1. The van der Waals surface area contributed by atoms with Crippen molar-refractivity contribution >= 4 is 35.0 Å². The number of thioether (sulfide) groups is 1.